The molecule has 0 spiro atoms. The summed E-state index contributed by atoms with van der Waals surface area (Å²) >= 11 is 0. The Labute approximate surface area is 111 Å². The van der Waals surface area contributed by atoms with Crippen LogP contribution in [0.3, 0.4) is 0 Å². The quantitative estimate of drug-likeness (QED) is 0.913. The summed E-state index contributed by atoms with van der Waals surface area (Å²) in [6, 6.07) is 7.48. The van der Waals surface area contributed by atoms with Crippen LogP contribution < -0.4 is 5.32 Å². The first-order valence-electron chi connectivity index (χ1n) is 6.09. The third kappa shape index (κ3) is 3.40. The Balaban J connectivity index is 1.85. The number of amides is 1. The standard InChI is InChI=1S/C14H16FN3O/c1-10-9-13(17-18(10)2)7-8-16-14(19)11-3-5-12(15)6-4-11/h3-6,9H,7-8H2,1-2H3,(H,16,19). The summed E-state index contributed by atoms with van der Waals surface area (Å²) in [5.74, 6) is -0.548. The van der Waals surface area contributed by atoms with Crippen LogP contribution in [0.15, 0.2) is 30.3 Å². The number of rotatable bonds is 4. The van der Waals surface area contributed by atoms with Crippen molar-refractivity contribution in [1.29, 1.82) is 0 Å². The SMILES string of the molecule is Cc1cc(CCNC(=O)c2ccc(F)cc2)nn1C. The van der Waals surface area contributed by atoms with Gasteiger partial charge >= 0.3 is 0 Å². The lowest BCUT2D eigenvalue weighted by Crippen LogP contribution is -2.25. The zero-order valence-corrected chi connectivity index (χ0v) is 11.0. The summed E-state index contributed by atoms with van der Waals surface area (Å²) in [6.45, 7) is 2.49. The second-order valence-corrected chi connectivity index (χ2v) is 4.41. The lowest BCUT2D eigenvalue weighted by Gasteiger charge is -2.03. The predicted octanol–water partition coefficient (Wildman–Crippen LogP) is 1.84. The van der Waals surface area contributed by atoms with E-state index in [0.717, 1.165) is 11.4 Å². The number of halogens is 1. The van der Waals surface area contributed by atoms with Gasteiger partial charge in [0.25, 0.3) is 5.91 Å². The molecule has 4 nitrogen and oxygen atoms in total. The normalized spacial score (nSPS) is 10.5. The molecule has 5 heteroatoms. The lowest BCUT2D eigenvalue weighted by molar-refractivity contribution is 0.0954. The first-order chi connectivity index (χ1) is 9.06. The Hall–Kier alpha value is -2.17. The molecule has 2 rings (SSSR count). The Kier molecular flexibility index (Phi) is 3.94. The van der Waals surface area contributed by atoms with Gasteiger partial charge in [-0.3, -0.25) is 9.48 Å². The fraction of sp³-hybridized carbons (Fsp3) is 0.286. The van der Waals surface area contributed by atoms with Crippen LogP contribution in [-0.4, -0.2) is 22.2 Å². The van der Waals surface area contributed by atoms with Gasteiger partial charge in [-0.15, -0.1) is 0 Å². The van der Waals surface area contributed by atoms with Crippen molar-refractivity contribution in [2.75, 3.05) is 6.54 Å². The van der Waals surface area contributed by atoms with Crippen molar-refractivity contribution in [2.45, 2.75) is 13.3 Å². The monoisotopic (exact) mass is 261 g/mol. The van der Waals surface area contributed by atoms with Gasteiger partial charge in [-0.05, 0) is 37.3 Å². The molecule has 1 heterocycles. The molecule has 100 valence electrons. The number of aryl methyl sites for hydroxylation is 2. The fourth-order valence-corrected chi connectivity index (χ4v) is 1.76. The van der Waals surface area contributed by atoms with Crippen LogP contribution >= 0.6 is 0 Å². The topological polar surface area (TPSA) is 46.9 Å². The number of carbonyl (C=O) groups is 1. The van der Waals surface area contributed by atoms with Gasteiger partial charge in [0.15, 0.2) is 0 Å². The average Bonchev–Trinajstić information content (AvgIpc) is 2.69. The zero-order valence-electron chi connectivity index (χ0n) is 11.0. The summed E-state index contributed by atoms with van der Waals surface area (Å²) in [7, 11) is 1.88. The van der Waals surface area contributed by atoms with Crippen molar-refractivity contribution >= 4 is 5.91 Å². The molecule has 1 aromatic carbocycles. The van der Waals surface area contributed by atoms with Crippen LogP contribution in [0.5, 0.6) is 0 Å². The maximum absolute atomic E-state index is 12.7. The number of nitrogens with zero attached hydrogens (tertiary/aromatic N) is 2. The van der Waals surface area contributed by atoms with E-state index in [1.807, 2.05) is 20.0 Å². The molecule has 0 saturated heterocycles. The van der Waals surface area contributed by atoms with Crippen LogP contribution in [0, 0.1) is 12.7 Å². The van der Waals surface area contributed by atoms with Crippen molar-refractivity contribution < 1.29 is 9.18 Å². The van der Waals surface area contributed by atoms with Gasteiger partial charge < -0.3 is 5.32 Å². The minimum absolute atomic E-state index is 0.201. The maximum Gasteiger partial charge on any atom is 0.251 e. The van der Waals surface area contributed by atoms with E-state index in [0.29, 0.717) is 18.5 Å². The molecule has 0 bridgehead atoms. The van der Waals surface area contributed by atoms with E-state index in [9.17, 15) is 9.18 Å². The van der Waals surface area contributed by atoms with Gasteiger partial charge in [0.05, 0.1) is 5.69 Å². The van der Waals surface area contributed by atoms with Gasteiger partial charge in [0.1, 0.15) is 5.82 Å². The van der Waals surface area contributed by atoms with Crippen LogP contribution in [0.2, 0.25) is 0 Å². The number of carbonyl (C=O) groups excluding carboxylic acids is 1. The Morgan fingerprint density at radius 1 is 1.37 bits per heavy atom. The highest BCUT2D eigenvalue weighted by Crippen LogP contribution is 2.03. The molecule has 1 N–H and O–H groups in total. The van der Waals surface area contributed by atoms with Crippen molar-refractivity contribution in [1.82, 2.24) is 15.1 Å². The highest BCUT2D eigenvalue weighted by atomic mass is 19.1. The second-order valence-electron chi connectivity index (χ2n) is 4.41. The molecule has 2 aromatic rings. The third-order valence-electron chi connectivity index (χ3n) is 2.94. The Morgan fingerprint density at radius 3 is 2.63 bits per heavy atom. The van der Waals surface area contributed by atoms with Crippen molar-refractivity contribution in [3.63, 3.8) is 0 Å². The Morgan fingerprint density at radius 2 is 2.05 bits per heavy atom. The van der Waals surface area contributed by atoms with Crippen LogP contribution in [0.1, 0.15) is 21.7 Å². The lowest BCUT2D eigenvalue weighted by atomic mass is 10.2. The second kappa shape index (κ2) is 5.65. The van der Waals surface area contributed by atoms with Gasteiger partial charge in [0.2, 0.25) is 0 Å². The largest absolute Gasteiger partial charge is 0.352 e. The van der Waals surface area contributed by atoms with Crippen LogP contribution in [0.25, 0.3) is 0 Å². The summed E-state index contributed by atoms with van der Waals surface area (Å²) in [5.41, 5.74) is 2.48. The molecule has 19 heavy (non-hydrogen) atoms. The molecule has 0 aliphatic carbocycles. The number of benzene rings is 1. The number of aromatic nitrogens is 2. The maximum atomic E-state index is 12.7. The average molecular weight is 261 g/mol. The molecule has 0 radical (unpaired) electrons. The van der Waals surface area contributed by atoms with E-state index >= 15 is 0 Å². The first kappa shape index (κ1) is 13.3. The molecular formula is C14H16FN3O. The van der Waals surface area contributed by atoms with Crippen molar-refractivity contribution in [2.24, 2.45) is 7.05 Å². The molecule has 0 fully saturated rings. The van der Waals surface area contributed by atoms with Gasteiger partial charge in [-0.25, -0.2) is 4.39 Å². The minimum atomic E-state index is -0.347. The van der Waals surface area contributed by atoms with E-state index < -0.39 is 0 Å². The number of hydrogen-bond acceptors (Lipinski definition) is 2. The molecule has 0 aliphatic rings. The third-order valence-corrected chi connectivity index (χ3v) is 2.94. The minimum Gasteiger partial charge on any atom is -0.352 e. The van der Waals surface area contributed by atoms with Crippen molar-refractivity contribution in [3.8, 4) is 0 Å². The molecule has 1 amide bonds. The van der Waals surface area contributed by atoms with Gasteiger partial charge in [-0.1, -0.05) is 0 Å². The predicted molar refractivity (Wildman–Crippen MR) is 70.4 cm³/mol. The van der Waals surface area contributed by atoms with Crippen LogP contribution in [0.4, 0.5) is 4.39 Å². The van der Waals surface area contributed by atoms with E-state index in [1.54, 1.807) is 4.68 Å². The Bertz CT molecular complexity index is 555. The van der Waals surface area contributed by atoms with E-state index in [2.05, 4.69) is 10.4 Å². The summed E-state index contributed by atoms with van der Waals surface area (Å²) in [6.07, 6.45) is 0.675. The van der Waals surface area contributed by atoms with Gasteiger partial charge in [-0.2, -0.15) is 5.10 Å². The molecule has 0 saturated carbocycles. The van der Waals surface area contributed by atoms with E-state index in [-0.39, 0.29) is 11.7 Å². The highest BCUT2D eigenvalue weighted by molar-refractivity contribution is 5.94. The summed E-state index contributed by atoms with van der Waals surface area (Å²) in [4.78, 5) is 11.8. The van der Waals surface area contributed by atoms with Gasteiger partial charge in [0, 0.05) is 31.3 Å². The number of nitrogens with one attached hydrogen (secondary N) is 1. The molecule has 0 aliphatic heterocycles. The summed E-state index contributed by atoms with van der Waals surface area (Å²) < 4.78 is 14.5. The molecule has 0 unspecified atom stereocenters. The highest BCUT2D eigenvalue weighted by Gasteiger charge is 2.06. The smallest absolute Gasteiger partial charge is 0.251 e. The number of hydrogen-bond donors (Lipinski definition) is 1. The first-order valence-corrected chi connectivity index (χ1v) is 6.09. The van der Waals surface area contributed by atoms with Crippen molar-refractivity contribution in [3.05, 3.63) is 53.1 Å². The molecule has 1 aromatic heterocycles. The van der Waals surface area contributed by atoms with E-state index in [4.69, 9.17) is 0 Å². The fourth-order valence-electron chi connectivity index (χ4n) is 1.76. The van der Waals surface area contributed by atoms with Crippen LogP contribution in [-0.2, 0) is 13.5 Å². The zero-order chi connectivity index (χ0) is 13.8. The summed E-state index contributed by atoms with van der Waals surface area (Å²) in [5, 5.41) is 7.09. The molecular weight excluding hydrogens is 245 g/mol. The molecule has 0 atom stereocenters. The van der Waals surface area contributed by atoms with E-state index in [1.165, 1.54) is 24.3 Å².